The van der Waals surface area contributed by atoms with Gasteiger partial charge in [-0.3, -0.25) is 4.79 Å². The van der Waals surface area contributed by atoms with Crippen molar-refractivity contribution in [1.82, 2.24) is 25.3 Å². The molecule has 0 aliphatic carbocycles. The number of nitrogens with zero attached hydrogens (tertiary/aromatic N) is 5. The smallest absolute Gasteiger partial charge is 0.223 e. The van der Waals surface area contributed by atoms with Crippen molar-refractivity contribution in [2.75, 3.05) is 38.3 Å². The molecule has 4 rings (SSSR count). The van der Waals surface area contributed by atoms with Gasteiger partial charge in [0, 0.05) is 39.3 Å². The van der Waals surface area contributed by atoms with Gasteiger partial charge in [0.05, 0.1) is 22.5 Å². The Hall–Kier alpha value is -3.00. The number of anilines is 1. The highest BCUT2D eigenvalue weighted by molar-refractivity contribution is 5.92. The van der Waals surface area contributed by atoms with Crippen LogP contribution in [0.15, 0.2) is 30.3 Å². The van der Waals surface area contributed by atoms with Gasteiger partial charge in [-0.15, -0.1) is 5.10 Å². The van der Waals surface area contributed by atoms with Crippen LogP contribution in [-0.4, -0.2) is 59.2 Å². The number of aromatic nitrogens is 4. The quantitative estimate of drug-likeness (QED) is 0.590. The van der Waals surface area contributed by atoms with E-state index in [1.54, 1.807) is 7.11 Å². The fourth-order valence-corrected chi connectivity index (χ4v) is 4.27. The summed E-state index contributed by atoms with van der Waals surface area (Å²) in [6.45, 7) is 6.90. The summed E-state index contributed by atoms with van der Waals surface area (Å²) in [6, 6.07) is 10.1. The second-order valence-corrected chi connectivity index (χ2v) is 8.06. The standard InChI is InChI=1S/C23H30N6O2/c1-16-20-17(2)29(19-8-5-4-6-9-19)27-21(20)22(26-25-16)28-13-10-18(11-14-28)23(30)24-12-7-15-31-3/h4-6,8-9,18H,7,10-15H2,1-3H3,(H,24,30). The fourth-order valence-electron chi connectivity index (χ4n) is 4.27. The molecule has 1 aliphatic rings. The predicted octanol–water partition coefficient (Wildman–Crippen LogP) is 2.80. The van der Waals surface area contributed by atoms with Gasteiger partial charge >= 0.3 is 0 Å². The molecular weight excluding hydrogens is 392 g/mol. The molecule has 31 heavy (non-hydrogen) atoms. The molecular formula is C23H30N6O2. The van der Waals surface area contributed by atoms with Crippen LogP contribution in [0, 0.1) is 19.8 Å². The second-order valence-electron chi connectivity index (χ2n) is 8.06. The maximum absolute atomic E-state index is 12.5. The number of hydrogen-bond acceptors (Lipinski definition) is 6. The summed E-state index contributed by atoms with van der Waals surface area (Å²) in [5.41, 5.74) is 3.82. The van der Waals surface area contributed by atoms with E-state index < -0.39 is 0 Å². The number of piperidine rings is 1. The van der Waals surface area contributed by atoms with Crippen LogP contribution >= 0.6 is 0 Å². The molecule has 0 spiro atoms. The van der Waals surface area contributed by atoms with Gasteiger partial charge in [0.1, 0.15) is 5.52 Å². The van der Waals surface area contributed by atoms with Gasteiger partial charge in [0.25, 0.3) is 0 Å². The Kier molecular flexibility index (Phi) is 6.46. The van der Waals surface area contributed by atoms with Crippen LogP contribution in [-0.2, 0) is 9.53 Å². The number of hydrogen-bond donors (Lipinski definition) is 1. The van der Waals surface area contributed by atoms with E-state index in [9.17, 15) is 4.79 Å². The van der Waals surface area contributed by atoms with Gasteiger partial charge in [0.15, 0.2) is 5.82 Å². The topological polar surface area (TPSA) is 85.2 Å². The lowest BCUT2D eigenvalue weighted by Gasteiger charge is -2.32. The molecule has 0 unspecified atom stereocenters. The lowest BCUT2D eigenvalue weighted by atomic mass is 9.95. The maximum atomic E-state index is 12.5. The zero-order chi connectivity index (χ0) is 21.8. The summed E-state index contributed by atoms with van der Waals surface area (Å²) in [5.74, 6) is 0.980. The van der Waals surface area contributed by atoms with Crippen molar-refractivity contribution < 1.29 is 9.53 Å². The number of fused-ring (bicyclic) bond motifs is 1. The monoisotopic (exact) mass is 422 g/mol. The van der Waals surface area contributed by atoms with Crippen LogP contribution in [0.3, 0.4) is 0 Å². The molecule has 2 aromatic heterocycles. The van der Waals surface area contributed by atoms with E-state index in [0.717, 1.165) is 66.1 Å². The zero-order valence-corrected chi connectivity index (χ0v) is 18.5. The van der Waals surface area contributed by atoms with Crippen LogP contribution in [0.1, 0.15) is 30.7 Å². The number of benzene rings is 1. The summed E-state index contributed by atoms with van der Waals surface area (Å²) in [5, 5.41) is 17.9. The molecule has 0 radical (unpaired) electrons. The minimum absolute atomic E-state index is 0.0382. The van der Waals surface area contributed by atoms with Crippen LogP contribution in [0.5, 0.6) is 0 Å². The molecule has 0 bridgehead atoms. The van der Waals surface area contributed by atoms with Crippen LogP contribution in [0.25, 0.3) is 16.6 Å². The van der Waals surface area contributed by atoms with Gasteiger partial charge in [0.2, 0.25) is 5.91 Å². The highest BCUT2D eigenvalue weighted by Gasteiger charge is 2.28. The highest BCUT2D eigenvalue weighted by atomic mass is 16.5. The molecule has 3 heterocycles. The van der Waals surface area contributed by atoms with Gasteiger partial charge in [-0.1, -0.05) is 18.2 Å². The Labute approximate surface area is 182 Å². The lowest BCUT2D eigenvalue weighted by Crippen LogP contribution is -2.41. The maximum Gasteiger partial charge on any atom is 0.223 e. The van der Waals surface area contributed by atoms with Crippen LogP contribution in [0.4, 0.5) is 5.82 Å². The summed E-state index contributed by atoms with van der Waals surface area (Å²) < 4.78 is 7.00. The minimum Gasteiger partial charge on any atom is -0.385 e. The Balaban J connectivity index is 1.52. The van der Waals surface area contributed by atoms with Crippen LogP contribution < -0.4 is 10.2 Å². The molecule has 1 aliphatic heterocycles. The summed E-state index contributed by atoms with van der Waals surface area (Å²) in [7, 11) is 1.67. The second kappa shape index (κ2) is 9.43. The summed E-state index contributed by atoms with van der Waals surface area (Å²) in [6.07, 6.45) is 2.43. The highest BCUT2D eigenvalue weighted by Crippen LogP contribution is 2.31. The number of rotatable bonds is 7. The lowest BCUT2D eigenvalue weighted by molar-refractivity contribution is -0.125. The molecule has 164 valence electrons. The Bertz CT molecular complexity index is 1040. The molecule has 8 nitrogen and oxygen atoms in total. The summed E-state index contributed by atoms with van der Waals surface area (Å²) in [4.78, 5) is 14.7. The first-order valence-corrected chi connectivity index (χ1v) is 10.9. The van der Waals surface area contributed by atoms with E-state index in [1.165, 1.54) is 0 Å². The van der Waals surface area contributed by atoms with Crippen LogP contribution in [0.2, 0.25) is 0 Å². The van der Waals surface area contributed by atoms with E-state index in [0.29, 0.717) is 13.2 Å². The van der Waals surface area contributed by atoms with E-state index in [2.05, 4.69) is 27.3 Å². The largest absolute Gasteiger partial charge is 0.385 e. The van der Waals surface area contributed by atoms with Crippen molar-refractivity contribution in [3.05, 3.63) is 41.7 Å². The SMILES string of the molecule is COCCCNC(=O)C1CCN(c2nnc(C)c3c(C)n(-c4ccccc4)nc23)CC1. The van der Waals surface area contributed by atoms with Gasteiger partial charge < -0.3 is 15.0 Å². The van der Waals surface area contributed by atoms with Gasteiger partial charge in [-0.25, -0.2) is 4.68 Å². The molecule has 8 heteroatoms. The number of carbonyl (C=O) groups is 1. The number of carbonyl (C=O) groups excluding carboxylic acids is 1. The number of ether oxygens (including phenoxy) is 1. The molecule has 1 saturated heterocycles. The summed E-state index contributed by atoms with van der Waals surface area (Å²) >= 11 is 0. The van der Waals surface area contributed by atoms with Crippen molar-refractivity contribution in [3.8, 4) is 5.69 Å². The van der Waals surface area contributed by atoms with E-state index >= 15 is 0 Å². The van der Waals surface area contributed by atoms with E-state index in [4.69, 9.17) is 9.84 Å². The van der Waals surface area contributed by atoms with E-state index in [1.807, 2.05) is 41.9 Å². The third kappa shape index (κ3) is 4.39. The molecule has 1 fully saturated rings. The number of aryl methyl sites for hydroxylation is 2. The Morgan fingerprint density at radius 3 is 2.61 bits per heavy atom. The minimum atomic E-state index is 0.0382. The average molecular weight is 423 g/mol. The molecule has 0 atom stereocenters. The first kappa shape index (κ1) is 21.2. The van der Waals surface area contributed by atoms with Crippen molar-refractivity contribution >= 4 is 22.6 Å². The number of para-hydroxylation sites is 1. The van der Waals surface area contributed by atoms with Crippen molar-refractivity contribution in [1.29, 1.82) is 0 Å². The van der Waals surface area contributed by atoms with Crippen molar-refractivity contribution in [3.63, 3.8) is 0 Å². The normalized spacial score (nSPS) is 14.9. The predicted molar refractivity (Wildman–Crippen MR) is 121 cm³/mol. The molecule has 3 aromatic rings. The first-order chi connectivity index (χ1) is 15.1. The number of methoxy groups -OCH3 is 1. The molecule has 1 aromatic carbocycles. The van der Waals surface area contributed by atoms with Gasteiger partial charge in [-0.2, -0.15) is 10.2 Å². The average Bonchev–Trinajstić information content (AvgIpc) is 3.15. The molecule has 1 amide bonds. The fraction of sp³-hybridized carbons (Fsp3) is 0.478. The van der Waals surface area contributed by atoms with Crippen molar-refractivity contribution in [2.45, 2.75) is 33.1 Å². The third-order valence-corrected chi connectivity index (χ3v) is 5.98. The Morgan fingerprint density at radius 1 is 1.16 bits per heavy atom. The van der Waals surface area contributed by atoms with E-state index in [-0.39, 0.29) is 11.8 Å². The number of nitrogens with one attached hydrogen (secondary N) is 1. The third-order valence-electron chi connectivity index (χ3n) is 5.98. The molecule has 1 N–H and O–H groups in total. The number of amides is 1. The van der Waals surface area contributed by atoms with Crippen molar-refractivity contribution in [2.24, 2.45) is 5.92 Å². The van der Waals surface area contributed by atoms with Gasteiger partial charge in [-0.05, 0) is 45.2 Å². The Morgan fingerprint density at radius 2 is 1.90 bits per heavy atom. The zero-order valence-electron chi connectivity index (χ0n) is 18.5. The molecule has 0 saturated carbocycles. The first-order valence-electron chi connectivity index (χ1n) is 10.9.